The summed E-state index contributed by atoms with van der Waals surface area (Å²) in [5, 5.41) is 0.344. The van der Waals surface area contributed by atoms with Gasteiger partial charge in [-0.15, -0.1) is 0 Å². The molecule has 0 bridgehead atoms. The van der Waals surface area contributed by atoms with Crippen LogP contribution in [0.2, 0.25) is 0 Å². The zero-order chi connectivity index (χ0) is 19.8. The molecule has 4 nitrogen and oxygen atoms in total. The van der Waals surface area contributed by atoms with Crippen LogP contribution in [0.5, 0.6) is 11.5 Å². The first-order valence-corrected chi connectivity index (χ1v) is 10.3. The molecule has 148 valence electrons. The lowest BCUT2D eigenvalue weighted by Crippen LogP contribution is -1.96. The number of ether oxygens (including phenoxy) is 2. The SMILES string of the molecule is CCCCOc1ccc(-c2nc(S)oc2-c2ccc(OCCCC)cc2)cc1. The van der Waals surface area contributed by atoms with Crippen LogP contribution in [-0.2, 0) is 0 Å². The number of oxazole rings is 1. The van der Waals surface area contributed by atoms with Gasteiger partial charge in [0.05, 0.1) is 13.2 Å². The van der Waals surface area contributed by atoms with Crippen molar-refractivity contribution in [2.24, 2.45) is 0 Å². The van der Waals surface area contributed by atoms with Crippen molar-refractivity contribution in [1.29, 1.82) is 0 Å². The highest BCUT2D eigenvalue weighted by atomic mass is 32.1. The second-order valence-corrected chi connectivity index (χ2v) is 7.01. The highest BCUT2D eigenvalue weighted by molar-refractivity contribution is 7.80. The minimum Gasteiger partial charge on any atom is -0.494 e. The van der Waals surface area contributed by atoms with Crippen LogP contribution in [0.15, 0.2) is 58.2 Å². The normalized spacial score (nSPS) is 10.8. The molecule has 0 unspecified atom stereocenters. The van der Waals surface area contributed by atoms with Gasteiger partial charge in [0.25, 0.3) is 5.22 Å². The van der Waals surface area contributed by atoms with Crippen molar-refractivity contribution >= 4 is 12.6 Å². The third-order valence-corrected chi connectivity index (χ3v) is 4.58. The van der Waals surface area contributed by atoms with Gasteiger partial charge < -0.3 is 13.9 Å². The molecule has 0 N–H and O–H groups in total. The van der Waals surface area contributed by atoms with Gasteiger partial charge >= 0.3 is 0 Å². The van der Waals surface area contributed by atoms with Gasteiger partial charge in [-0.05, 0) is 61.4 Å². The van der Waals surface area contributed by atoms with Gasteiger partial charge in [0, 0.05) is 11.1 Å². The number of aromatic nitrogens is 1. The van der Waals surface area contributed by atoms with Crippen LogP contribution in [0.3, 0.4) is 0 Å². The van der Waals surface area contributed by atoms with Gasteiger partial charge in [-0.1, -0.05) is 39.3 Å². The number of benzene rings is 2. The van der Waals surface area contributed by atoms with Crippen molar-refractivity contribution in [3.8, 4) is 34.1 Å². The number of hydrogen-bond donors (Lipinski definition) is 1. The monoisotopic (exact) mass is 397 g/mol. The summed E-state index contributed by atoms with van der Waals surface area (Å²) in [5.74, 6) is 2.42. The zero-order valence-corrected chi connectivity index (χ0v) is 17.4. The third-order valence-electron chi connectivity index (χ3n) is 4.39. The number of unbranched alkanes of at least 4 members (excludes halogenated alkanes) is 2. The standard InChI is InChI=1S/C23H27NO3S/c1-3-5-15-25-19-11-7-17(8-12-19)21-22(27-23(28)24-21)18-9-13-20(14-10-18)26-16-6-4-2/h7-14H,3-6,15-16H2,1-2H3,(H,24,28). The second-order valence-electron chi connectivity index (χ2n) is 6.63. The molecule has 1 aromatic heterocycles. The molecule has 0 aliphatic carbocycles. The molecule has 3 aromatic rings. The van der Waals surface area contributed by atoms with Crippen molar-refractivity contribution in [2.45, 2.75) is 44.8 Å². The first kappa shape index (κ1) is 20.3. The Morgan fingerprint density at radius 2 is 1.29 bits per heavy atom. The van der Waals surface area contributed by atoms with E-state index in [4.69, 9.17) is 13.9 Å². The molecule has 1 heterocycles. The Bertz CT molecular complexity index is 786. The molecule has 0 aliphatic heterocycles. The van der Waals surface area contributed by atoms with Crippen LogP contribution in [0.25, 0.3) is 22.6 Å². The Labute approximate surface area is 172 Å². The molecule has 0 fully saturated rings. The Morgan fingerprint density at radius 3 is 1.79 bits per heavy atom. The Balaban J connectivity index is 1.77. The fourth-order valence-electron chi connectivity index (χ4n) is 2.78. The van der Waals surface area contributed by atoms with Gasteiger partial charge in [-0.2, -0.15) is 0 Å². The summed E-state index contributed by atoms with van der Waals surface area (Å²) in [5.41, 5.74) is 2.67. The lowest BCUT2D eigenvalue weighted by molar-refractivity contribution is 0.309. The van der Waals surface area contributed by atoms with E-state index in [1.54, 1.807) is 0 Å². The number of rotatable bonds is 10. The highest BCUT2D eigenvalue weighted by Gasteiger charge is 2.16. The predicted octanol–water partition coefficient (Wildman–Crippen LogP) is 6.66. The second kappa shape index (κ2) is 10.2. The van der Waals surface area contributed by atoms with Crippen LogP contribution in [0, 0.1) is 0 Å². The molecule has 0 atom stereocenters. The molecule has 0 spiro atoms. The Morgan fingerprint density at radius 1 is 0.786 bits per heavy atom. The molecule has 2 aromatic carbocycles. The molecule has 0 saturated heterocycles. The van der Waals surface area contributed by atoms with Crippen molar-refractivity contribution in [1.82, 2.24) is 4.98 Å². The first-order chi connectivity index (χ1) is 13.7. The summed E-state index contributed by atoms with van der Waals surface area (Å²) < 4.78 is 17.3. The molecule has 5 heteroatoms. The molecule has 3 rings (SSSR count). The van der Waals surface area contributed by atoms with Gasteiger partial charge in [-0.25, -0.2) is 4.98 Å². The fourth-order valence-corrected chi connectivity index (χ4v) is 2.97. The third kappa shape index (κ3) is 5.32. The predicted molar refractivity (Wildman–Crippen MR) is 115 cm³/mol. The summed E-state index contributed by atoms with van der Waals surface area (Å²) in [6.07, 6.45) is 4.34. The van der Waals surface area contributed by atoms with E-state index in [0.29, 0.717) is 11.0 Å². The molecule has 0 amide bonds. The minimum atomic E-state index is 0.344. The molecule has 0 radical (unpaired) electrons. The molecule has 28 heavy (non-hydrogen) atoms. The van der Waals surface area contributed by atoms with Gasteiger partial charge in [0.2, 0.25) is 0 Å². The summed E-state index contributed by atoms with van der Waals surface area (Å²) >= 11 is 4.30. The van der Waals surface area contributed by atoms with E-state index >= 15 is 0 Å². The maximum atomic E-state index is 5.78. The molecular formula is C23H27NO3S. The average molecular weight is 398 g/mol. The quantitative estimate of drug-likeness (QED) is 0.307. The van der Waals surface area contributed by atoms with Crippen molar-refractivity contribution in [3.05, 3.63) is 48.5 Å². The minimum absolute atomic E-state index is 0.344. The van der Waals surface area contributed by atoms with Crippen molar-refractivity contribution in [3.63, 3.8) is 0 Å². The van der Waals surface area contributed by atoms with E-state index in [1.807, 2.05) is 48.5 Å². The first-order valence-electron chi connectivity index (χ1n) is 9.87. The smallest absolute Gasteiger partial charge is 0.253 e. The fraction of sp³-hybridized carbons (Fsp3) is 0.348. The number of hydrogen-bond acceptors (Lipinski definition) is 5. The van der Waals surface area contributed by atoms with Crippen molar-refractivity contribution in [2.75, 3.05) is 13.2 Å². The van der Waals surface area contributed by atoms with E-state index in [2.05, 4.69) is 31.5 Å². The zero-order valence-electron chi connectivity index (χ0n) is 16.5. The van der Waals surface area contributed by atoms with Crippen LogP contribution >= 0.6 is 12.6 Å². The topological polar surface area (TPSA) is 44.5 Å². The average Bonchev–Trinajstić information content (AvgIpc) is 3.11. The number of nitrogens with zero attached hydrogens (tertiary/aromatic N) is 1. The maximum absolute atomic E-state index is 5.78. The van der Waals surface area contributed by atoms with E-state index in [-0.39, 0.29) is 0 Å². The molecule has 0 aliphatic rings. The lowest BCUT2D eigenvalue weighted by Gasteiger charge is -2.07. The van der Waals surface area contributed by atoms with Crippen LogP contribution in [0.4, 0.5) is 0 Å². The summed E-state index contributed by atoms with van der Waals surface area (Å²) in [6, 6.07) is 15.8. The highest BCUT2D eigenvalue weighted by Crippen LogP contribution is 2.35. The summed E-state index contributed by atoms with van der Waals surface area (Å²) in [6.45, 7) is 5.77. The lowest BCUT2D eigenvalue weighted by atomic mass is 10.1. The van der Waals surface area contributed by atoms with E-state index in [0.717, 1.165) is 67.2 Å². The van der Waals surface area contributed by atoms with Crippen molar-refractivity contribution < 1.29 is 13.9 Å². The summed E-state index contributed by atoms with van der Waals surface area (Å²) in [4.78, 5) is 4.47. The molecular weight excluding hydrogens is 370 g/mol. The van der Waals surface area contributed by atoms with E-state index in [9.17, 15) is 0 Å². The molecule has 0 saturated carbocycles. The summed E-state index contributed by atoms with van der Waals surface area (Å²) in [7, 11) is 0. The Hall–Kier alpha value is -2.40. The largest absolute Gasteiger partial charge is 0.494 e. The van der Waals surface area contributed by atoms with Gasteiger partial charge in [0.1, 0.15) is 17.2 Å². The van der Waals surface area contributed by atoms with Crippen LogP contribution < -0.4 is 9.47 Å². The van der Waals surface area contributed by atoms with Crippen LogP contribution in [0.1, 0.15) is 39.5 Å². The Kier molecular flexibility index (Phi) is 7.43. The van der Waals surface area contributed by atoms with Crippen LogP contribution in [-0.4, -0.2) is 18.2 Å². The van der Waals surface area contributed by atoms with E-state index < -0.39 is 0 Å². The van der Waals surface area contributed by atoms with Gasteiger partial charge in [0.15, 0.2) is 5.76 Å². The van der Waals surface area contributed by atoms with Gasteiger partial charge in [-0.3, -0.25) is 0 Å². The number of thiol groups is 1. The van der Waals surface area contributed by atoms with E-state index in [1.165, 1.54) is 0 Å². The maximum Gasteiger partial charge on any atom is 0.253 e.